The van der Waals surface area contributed by atoms with Gasteiger partial charge in [0.25, 0.3) is 11.6 Å². The lowest BCUT2D eigenvalue weighted by Gasteiger charge is -2.37. The summed E-state index contributed by atoms with van der Waals surface area (Å²) in [6.45, 7) is 3.72. The molecule has 0 unspecified atom stereocenters. The van der Waals surface area contributed by atoms with E-state index in [9.17, 15) is 19.7 Å². The van der Waals surface area contributed by atoms with Gasteiger partial charge in [-0.15, -0.1) is 0 Å². The van der Waals surface area contributed by atoms with Gasteiger partial charge < -0.3 is 20.1 Å². The minimum atomic E-state index is -0.832. The van der Waals surface area contributed by atoms with Crippen molar-refractivity contribution in [3.63, 3.8) is 0 Å². The number of benzene rings is 3. The lowest BCUT2D eigenvalue weighted by molar-refractivity contribution is -0.384. The summed E-state index contributed by atoms with van der Waals surface area (Å²) < 4.78 is 10.8. The van der Waals surface area contributed by atoms with Crippen molar-refractivity contribution in [2.24, 2.45) is 0 Å². The van der Waals surface area contributed by atoms with E-state index in [1.165, 1.54) is 12.1 Å². The number of ether oxygens (including phenoxy) is 2. The van der Waals surface area contributed by atoms with E-state index in [-0.39, 0.29) is 28.8 Å². The fraction of sp³-hybridized carbons (Fsp3) is 0.250. The topological polar surface area (TPSA) is 120 Å². The number of nitrogens with zero attached hydrogens (tertiary/aromatic N) is 1. The van der Waals surface area contributed by atoms with E-state index in [1.54, 1.807) is 39.3 Å². The fourth-order valence-corrected chi connectivity index (χ4v) is 5.89. The number of anilines is 1. The molecule has 1 heterocycles. The van der Waals surface area contributed by atoms with Gasteiger partial charge in [-0.05, 0) is 67.6 Å². The number of hydrogen-bond donors (Lipinski definition) is 2. The SMILES string of the molecule is COc1ccc([C@H]2CC(=O)C3=C(C2)NC(C)=C(C(=O)Nc2ccc(C)cc2)[C@H]3c2ccc(Cl)c([N+](=O)[O-])c2)cc1OC. The monoisotopic (exact) mass is 587 g/mol. The Morgan fingerprint density at radius 1 is 0.976 bits per heavy atom. The van der Waals surface area contributed by atoms with Gasteiger partial charge in [0, 0.05) is 46.6 Å². The Bertz CT molecular complexity index is 1660. The molecule has 0 fully saturated rings. The second kappa shape index (κ2) is 11.7. The molecule has 216 valence electrons. The number of methoxy groups -OCH3 is 2. The van der Waals surface area contributed by atoms with Crippen LogP contribution in [-0.4, -0.2) is 30.8 Å². The van der Waals surface area contributed by atoms with Crippen LogP contribution in [0.15, 0.2) is 83.2 Å². The van der Waals surface area contributed by atoms with Gasteiger partial charge in [0.1, 0.15) is 5.02 Å². The van der Waals surface area contributed by atoms with Gasteiger partial charge in [-0.1, -0.05) is 41.4 Å². The number of halogens is 1. The summed E-state index contributed by atoms with van der Waals surface area (Å²) in [4.78, 5) is 39.0. The molecule has 0 saturated heterocycles. The average Bonchev–Trinajstić information content (AvgIpc) is 2.97. The standard InChI is InChI=1S/C32H30ClN3O6/c1-17-5-9-22(10-6-17)35-32(38)29-18(2)34-24-13-21(19-8-12-27(41-3)28(16-19)42-4)15-26(37)31(24)30(29)20-7-11-23(33)25(14-20)36(39)40/h5-12,14,16,21,30,34H,13,15H2,1-4H3,(H,35,38)/t21-,30-/m1/s1. The molecule has 0 bridgehead atoms. The molecular formula is C32H30ClN3O6. The summed E-state index contributed by atoms with van der Waals surface area (Å²) >= 11 is 6.13. The third-order valence-corrected chi connectivity index (χ3v) is 8.08. The van der Waals surface area contributed by atoms with Crippen molar-refractivity contribution in [3.8, 4) is 11.5 Å². The number of nitro groups is 1. The molecule has 0 aromatic heterocycles. The molecular weight excluding hydrogens is 558 g/mol. The highest BCUT2D eigenvalue weighted by Gasteiger charge is 2.41. The van der Waals surface area contributed by atoms with Crippen molar-refractivity contribution in [2.75, 3.05) is 19.5 Å². The number of allylic oxidation sites excluding steroid dienone is 3. The van der Waals surface area contributed by atoms with Crippen LogP contribution in [0.4, 0.5) is 11.4 Å². The van der Waals surface area contributed by atoms with Crippen LogP contribution < -0.4 is 20.1 Å². The minimum absolute atomic E-state index is 0.0262. The second-order valence-corrected chi connectivity index (χ2v) is 10.8. The quantitative estimate of drug-likeness (QED) is 0.237. The van der Waals surface area contributed by atoms with Crippen molar-refractivity contribution in [1.82, 2.24) is 5.32 Å². The zero-order valence-electron chi connectivity index (χ0n) is 23.6. The third kappa shape index (κ3) is 5.47. The highest BCUT2D eigenvalue weighted by molar-refractivity contribution is 6.32. The van der Waals surface area contributed by atoms with Gasteiger partial charge in [0.05, 0.1) is 19.1 Å². The number of amides is 1. The number of rotatable bonds is 7. The van der Waals surface area contributed by atoms with Crippen LogP contribution >= 0.6 is 11.6 Å². The molecule has 42 heavy (non-hydrogen) atoms. The first-order valence-electron chi connectivity index (χ1n) is 13.4. The maximum atomic E-state index is 14.0. The maximum Gasteiger partial charge on any atom is 0.288 e. The molecule has 0 saturated carbocycles. The number of nitro benzene ring substituents is 1. The molecule has 1 aliphatic heterocycles. The van der Waals surface area contributed by atoms with Crippen LogP contribution in [0.1, 0.15) is 48.3 Å². The van der Waals surface area contributed by atoms with E-state index in [0.29, 0.717) is 51.7 Å². The van der Waals surface area contributed by atoms with Crippen molar-refractivity contribution in [1.29, 1.82) is 0 Å². The lowest BCUT2D eigenvalue weighted by atomic mass is 9.71. The van der Waals surface area contributed by atoms with Crippen LogP contribution in [0.2, 0.25) is 5.02 Å². The highest BCUT2D eigenvalue weighted by Crippen LogP contribution is 2.47. The number of ketones is 1. The Balaban J connectivity index is 1.59. The third-order valence-electron chi connectivity index (χ3n) is 7.76. The van der Waals surface area contributed by atoms with Crippen molar-refractivity contribution < 1.29 is 24.0 Å². The summed E-state index contributed by atoms with van der Waals surface area (Å²) in [5, 5.41) is 18.0. The van der Waals surface area contributed by atoms with Gasteiger partial charge in [0.15, 0.2) is 17.3 Å². The number of dihydropyridines is 1. The molecule has 9 nitrogen and oxygen atoms in total. The van der Waals surface area contributed by atoms with Crippen LogP contribution in [0.3, 0.4) is 0 Å². The van der Waals surface area contributed by atoms with E-state index < -0.39 is 16.7 Å². The van der Waals surface area contributed by atoms with Gasteiger partial charge in [0.2, 0.25) is 0 Å². The van der Waals surface area contributed by atoms with E-state index in [0.717, 1.165) is 11.1 Å². The van der Waals surface area contributed by atoms with Gasteiger partial charge in [-0.25, -0.2) is 0 Å². The second-order valence-electron chi connectivity index (χ2n) is 10.4. The molecule has 2 N–H and O–H groups in total. The zero-order chi connectivity index (χ0) is 30.1. The van der Waals surface area contributed by atoms with E-state index in [1.807, 2.05) is 37.3 Å². The van der Waals surface area contributed by atoms with Crippen molar-refractivity contribution in [2.45, 2.75) is 38.5 Å². The normalized spacial score (nSPS) is 18.3. The molecule has 2 aliphatic rings. The van der Waals surface area contributed by atoms with E-state index in [4.69, 9.17) is 21.1 Å². The highest BCUT2D eigenvalue weighted by atomic mass is 35.5. The van der Waals surface area contributed by atoms with Crippen LogP contribution in [0, 0.1) is 17.0 Å². The molecule has 0 radical (unpaired) electrons. The number of hydrogen-bond acceptors (Lipinski definition) is 7. The van der Waals surface area contributed by atoms with Crippen molar-refractivity contribution >= 4 is 34.7 Å². The summed E-state index contributed by atoms with van der Waals surface area (Å²) in [6, 6.07) is 17.4. The number of carbonyl (C=O) groups excluding carboxylic acids is 2. The Labute approximate surface area is 248 Å². The summed E-state index contributed by atoms with van der Waals surface area (Å²) in [5.74, 6) is -0.393. The molecule has 3 aromatic carbocycles. The Kier molecular flexibility index (Phi) is 8.04. The number of nitrogens with one attached hydrogen (secondary N) is 2. The predicted octanol–water partition coefficient (Wildman–Crippen LogP) is 6.57. The average molecular weight is 588 g/mol. The minimum Gasteiger partial charge on any atom is -0.493 e. The van der Waals surface area contributed by atoms with Crippen molar-refractivity contribution in [3.05, 3.63) is 115 Å². The number of aryl methyl sites for hydroxylation is 1. The van der Waals surface area contributed by atoms with Gasteiger partial charge in [-0.2, -0.15) is 0 Å². The first-order chi connectivity index (χ1) is 20.1. The summed E-state index contributed by atoms with van der Waals surface area (Å²) in [7, 11) is 3.12. The number of Topliss-reactive ketones (excluding diaryl/α,β-unsaturated/α-hetero) is 1. The summed E-state index contributed by atoms with van der Waals surface area (Å²) in [6.07, 6.45) is 0.682. The molecule has 1 amide bonds. The van der Waals surface area contributed by atoms with Crippen LogP contribution in [-0.2, 0) is 9.59 Å². The van der Waals surface area contributed by atoms with Crippen LogP contribution in [0.25, 0.3) is 0 Å². The van der Waals surface area contributed by atoms with E-state index in [2.05, 4.69) is 10.6 Å². The predicted molar refractivity (Wildman–Crippen MR) is 160 cm³/mol. The fourth-order valence-electron chi connectivity index (χ4n) is 5.70. The molecule has 3 aromatic rings. The number of carbonyl (C=O) groups is 2. The molecule has 5 rings (SSSR count). The first kappa shape index (κ1) is 28.9. The maximum absolute atomic E-state index is 14.0. The molecule has 10 heteroatoms. The van der Waals surface area contributed by atoms with Crippen LogP contribution in [0.5, 0.6) is 11.5 Å². The first-order valence-corrected chi connectivity index (χ1v) is 13.8. The summed E-state index contributed by atoms with van der Waals surface area (Å²) in [5.41, 5.74) is 4.66. The smallest absolute Gasteiger partial charge is 0.288 e. The largest absolute Gasteiger partial charge is 0.493 e. The zero-order valence-corrected chi connectivity index (χ0v) is 24.4. The van der Waals surface area contributed by atoms with Gasteiger partial charge >= 0.3 is 0 Å². The van der Waals surface area contributed by atoms with E-state index >= 15 is 0 Å². The molecule has 2 atom stereocenters. The molecule has 1 aliphatic carbocycles. The Morgan fingerprint density at radius 2 is 1.67 bits per heavy atom. The Hall–Kier alpha value is -4.63. The Morgan fingerprint density at radius 3 is 2.33 bits per heavy atom. The molecule has 0 spiro atoms. The lowest BCUT2D eigenvalue weighted by Crippen LogP contribution is -2.37. The van der Waals surface area contributed by atoms with Gasteiger partial charge in [-0.3, -0.25) is 19.7 Å².